The molecule has 1 heterocycles. The van der Waals surface area contributed by atoms with Crippen LogP contribution in [-0.4, -0.2) is 17.6 Å². The summed E-state index contributed by atoms with van der Waals surface area (Å²) >= 11 is 9.31. The smallest absolute Gasteiger partial charge is 0.341 e. The Morgan fingerprint density at radius 3 is 2.94 bits per heavy atom. The number of halogens is 2. The third-order valence-corrected chi connectivity index (χ3v) is 3.01. The second-order valence-corrected chi connectivity index (χ2v) is 4.66. The first-order valence-electron chi connectivity index (χ1n) is 5.04. The largest absolute Gasteiger partial charge is 0.462 e. The summed E-state index contributed by atoms with van der Waals surface area (Å²) < 4.78 is 5.82. The van der Waals surface area contributed by atoms with Crippen molar-refractivity contribution in [2.75, 3.05) is 6.61 Å². The zero-order valence-corrected chi connectivity index (χ0v) is 11.4. The van der Waals surface area contributed by atoms with Crippen molar-refractivity contribution in [2.24, 2.45) is 0 Å². The predicted octanol–water partition coefficient (Wildman–Crippen LogP) is 3.83. The standard InChI is InChI=1S/C12H9BrClNO2/c1-2-17-12(16)9-5-7-3-4-8(13)6-10(7)15-11(9)14/h3-6H,2H2,1H3. The number of rotatable bonds is 2. The number of aromatic nitrogens is 1. The number of benzene rings is 1. The van der Waals surface area contributed by atoms with Gasteiger partial charge in [-0.3, -0.25) is 0 Å². The van der Waals surface area contributed by atoms with Gasteiger partial charge in [0.2, 0.25) is 0 Å². The van der Waals surface area contributed by atoms with Gasteiger partial charge < -0.3 is 4.74 Å². The van der Waals surface area contributed by atoms with Crippen LogP contribution in [0.3, 0.4) is 0 Å². The van der Waals surface area contributed by atoms with Crippen molar-refractivity contribution in [3.05, 3.63) is 39.5 Å². The van der Waals surface area contributed by atoms with Crippen LogP contribution < -0.4 is 0 Å². The van der Waals surface area contributed by atoms with Crippen LogP contribution in [-0.2, 0) is 4.74 Å². The van der Waals surface area contributed by atoms with Gasteiger partial charge >= 0.3 is 5.97 Å². The molecule has 0 aliphatic carbocycles. The molecule has 1 aromatic heterocycles. The van der Waals surface area contributed by atoms with Crippen LogP contribution in [0, 0.1) is 0 Å². The molecule has 0 unspecified atom stereocenters. The quantitative estimate of drug-likeness (QED) is 0.625. The number of hydrogen-bond acceptors (Lipinski definition) is 3. The summed E-state index contributed by atoms with van der Waals surface area (Å²) in [5.74, 6) is -0.449. The van der Waals surface area contributed by atoms with Gasteiger partial charge in [-0.25, -0.2) is 9.78 Å². The highest BCUT2D eigenvalue weighted by molar-refractivity contribution is 9.10. The fourth-order valence-electron chi connectivity index (χ4n) is 1.47. The molecule has 0 aliphatic rings. The summed E-state index contributed by atoms with van der Waals surface area (Å²) in [6.07, 6.45) is 0. The van der Waals surface area contributed by atoms with E-state index in [1.165, 1.54) is 0 Å². The first-order chi connectivity index (χ1) is 8.11. The molecule has 0 saturated heterocycles. The molecular formula is C12H9BrClNO2. The van der Waals surface area contributed by atoms with E-state index in [0.29, 0.717) is 12.2 Å². The highest BCUT2D eigenvalue weighted by Crippen LogP contribution is 2.24. The van der Waals surface area contributed by atoms with E-state index in [2.05, 4.69) is 20.9 Å². The Morgan fingerprint density at radius 1 is 1.47 bits per heavy atom. The molecule has 0 amide bonds. The third-order valence-electron chi connectivity index (χ3n) is 2.23. The lowest BCUT2D eigenvalue weighted by Gasteiger charge is -2.05. The van der Waals surface area contributed by atoms with Crippen LogP contribution in [0.1, 0.15) is 17.3 Å². The molecule has 88 valence electrons. The zero-order valence-electron chi connectivity index (χ0n) is 9.04. The Bertz CT molecular complexity index is 586. The van der Waals surface area contributed by atoms with Gasteiger partial charge in [-0.1, -0.05) is 33.6 Å². The van der Waals surface area contributed by atoms with E-state index in [4.69, 9.17) is 16.3 Å². The van der Waals surface area contributed by atoms with Crippen molar-refractivity contribution in [1.82, 2.24) is 4.98 Å². The molecule has 0 atom stereocenters. The van der Waals surface area contributed by atoms with Crippen molar-refractivity contribution >= 4 is 44.4 Å². The molecule has 0 spiro atoms. The van der Waals surface area contributed by atoms with E-state index in [1.54, 1.807) is 13.0 Å². The highest BCUT2D eigenvalue weighted by Gasteiger charge is 2.13. The lowest BCUT2D eigenvalue weighted by atomic mass is 10.1. The topological polar surface area (TPSA) is 39.2 Å². The molecule has 3 nitrogen and oxygen atoms in total. The number of esters is 1. The number of nitrogens with zero attached hydrogens (tertiary/aromatic N) is 1. The molecule has 0 fully saturated rings. The number of carbonyl (C=O) groups is 1. The van der Waals surface area contributed by atoms with Crippen molar-refractivity contribution in [2.45, 2.75) is 6.92 Å². The van der Waals surface area contributed by atoms with E-state index < -0.39 is 5.97 Å². The highest BCUT2D eigenvalue weighted by atomic mass is 79.9. The van der Waals surface area contributed by atoms with E-state index in [0.717, 1.165) is 15.4 Å². The van der Waals surface area contributed by atoms with Crippen molar-refractivity contribution in [3.8, 4) is 0 Å². The molecule has 0 aliphatic heterocycles. The number of carbonyl (C=O) groups excluding carboxylic acids is 1. The molecule has 0 radical (unpaired) electrons. The van der Waals surface area contributed by atoms with Gasteiger partial charge in [0.1, 0.15) is 5.15 Å². The molecule has 17 heavy (non-hydrogen) atoms. The molecule has 0 N–H and O–H groups in total. The second-order valence-electron chi connectivity index (χ2n) is 3.38. The minimum Gasteiger partial charge on any atom is -0.462 e. The Labute approximate surface area is 112 Å². The SMILES string of the molecule is CCOC(=O)c1cc2ccc(Br)cc2nc1Cl. The van der Waals surface area contributed by atoms with Gasteiger partial charge in [-0.2, -0.15) is 0 Å². The lowest BCUT2D eigenvalue weighted by molar-refractivity contribution is 0.0526. The van der Waals surface area contributed by atoms with Gasteiger partial charge in [-0.05, 0) is 25.1 Å². The summed E-state index contributed by atoms with van der Waals surface area (Å²) in [6.45, 7) is 2.06. The molecule has 0 saturated carbocycles. The average Bonchev–Trinajstić information content (AvgIpc) is 2.28. The first-order valence-corrected chi connectivity index (χ1v) is 6.22. The first kappa shape index (κ1) is 12.3. The molecular weight excluding hydrogens is 305 g/mol. The molecule has 2 rings (SSSR count). The normalized spacial score (nSPS) is 10.5. The minimum atomic E-state index is -0.449. The summed E-state index contributed by atoms with van der Waals surface area (Å²) in [4.78, 5) is 15.8. The summed E-state index contributed by atoms with van der Waals surface area (Å²) in [7, 11) is 0. The Balaban J connectivity index is 2.55. The maximum atomic E-state index is 11.6. The van der Waals surface area contributed by atoms with E-state index in [1.807, 2.05) is 18.2 Å². The molecule has 0 bridgehead atoms. The summed E-state index contributed by atoms with van der Waals surface area (Å²) in [5.41, 5.74) is 1.03. The van der Waals surface area contributed by atoms with Crippen LogP contribution >= 0.6 is 27.5 Å². The monoisotopic (exact) mass is 313 g/mol. The third kappa shape index (κ3) is 2.58. The lowest BCUT2D eigenvalue weighted by Crippen LogP contribution is -2.06. The van der Waals surface area contributed by atoms with Gasteiger partial charge in [0.25, 0.3) is 0 Å². The van der Waals surface area contributed by atoms with E-state index in [9.17, 15) is 4.79 Å². The van der Waals surface area contributed by atoms with E-state index in [-0.39, 0.29) is 5.15 Å². The Morgan fingerprint density at radius 2 is 2.24 bits per heavy atom. The van der Waals surface area contributed by atoms with Crippen molar-refractivity contribution < 1.29 is 9.53 Å². The van der Waals surface area contributed by atoms with Crippen LogP contribution in [0.4, 0.5) is 0 Å². The van der Waals surface area contributed by atoms with Crippen LogP contribution in [0.2, 0.25) is 5.15 Å². The summed E-state index contributed by atoms with van der Waals surface area (Å²) in [6, 6.07) is 7.28. The molecule has 5 heteroatoms. The molecule has 1 aromatic carbocycles. The van der Waals surface area contributed by atoms with Gasteiger partial charge in [0.05, 0.1) is 17.7 Å². The number of hydrogen-bond donors (Lipinski definition) is 0. The minimum absolute atomic E-state index is 0.161. The maximum Gasteiger partial charge on any atom is 0.341 e. The fourth-order valence-corrected chi connectivity index (χ4v) is 2.04. The van der Waals surface area contributed by atoms with E-state index >= 15 is 0 Å². The number of pyridine rings is 1. The van der Waals surface area contributed by atoms with Crippen LogP contribution in [0.25, 0.3) is 10.9 Å². The summed E-state index contributed by atoms with van der Waals surface area (Å²) in [5, 5.41) is 1.01. The fraction of sp³-hybridized carbons (Fsp3) is 0.167. The maximum absolute atomic E-state index is 11.6. The van der Waals surface area contributed by atoms with Gasteiger partial charge in [0, 0.05) is 9.86 Å². The van der Waals surface area contributed by atoms with Crippen LogP contribution in [0.5, 0.6) is 0 Å². The van der Waals surface area contributed by atoms with Crippen LogP contribution in [0.15, 0.2) is 28.7 Å². The Kier molecular flexibility index (Phi) is 3.64. The zero-order chi connectivity index (χ0) is 12.4. The van der Waals surface area contributed by atoms with Gasteiger partial charge in [0.15, 0.2) is 0 Å². The van der Waals surface area contributed by atoms with Crippen molar-refractivity contribution in [3.63, 3.8) is 0 Å². The molecule has 2 aromatic rings. The number of ether oxygens (including phenoxy) is 1. The predicted molar refractivity (Wildman–Crippen MR) is 70.4 cm³/mol. The Hall–Kier alpha value is -1.13. The average molecular weight is 315 g/mol. The number of fused-ring (bicyclic) bond motifs is 1. The van der Waals surface area contributed by atoms with Crippen molar-refractivity contribution in [1.29, 1.82) is 0 Å². The van der Waals surface area contributed by atoms with Gasteiger partial charge in [-0.15, -0.1) is 0 Å². The second kappa shape index (κ2) is 5.02.